The number of rotatable bonds is 3. The van der Waals surface area contributed by atoms with Crippen molar-refractivity contribution in [1.82, 2.24) is 10.2 Å². The molecule has 1 aliphatic carbocycles. The molecule has 0 bridgehead atoms. The lowest BCUT2D eigenvalue weighted by molar-refractivity contribution is 0.185. The fraction of sp³-hybridized carbons (Fsp3) is 1.00. The lowest BCUT2D eigenvalue weighted by atomic mass is 9.91. The summed E-state index contributed by atoms with van der Waals surface area (Å²) in [6.07, 6.45) is 5.50. The van der Waals surface area contributed by atoms with Gasteiger partial charge < -0.3 is 10.2 Å². The monoisotopic (exact) mass is 224 g/mol. The Morgan fingerprint density at radius 2 is 2.06 bits per heavy atom. The van der Waals surface area contributed by atoms with E-state index in [0.717, 1.165) is 18.0 Å². The number of nitrogens with one attached hydrogen (secondary N) is 1. The topological polar surface area (TPSA) is 15.3 Å². The highest BCUT2D eigenvalue weighted by Crippen LogP contribution is 2.42. The molecule has 0 aromatic heterocycles. The lowest BCUT2D eigenvalue weighted by Crippen LogP contribution is -2.42. The molecule has 3 atom stereocenters. The minimum Gasteiger partial charge on any atom is -0.313 e. The van der Waals surface area contributed by atoms with E-state index >= 15 is 0 Å². The second-order valence-corrected chi connectivity index (χ2v) is 6.85. The first kappa shape index (κ1) is 12.4. The molecular formula is C14H28N2. The second-order valence-electron chi connectivity index (χ2n) is 6.85. The predicted molar refractivity (Wildman–Crippen MR) is 69.6 cm³/mol. The molecule has 2 aliphatic rings. The van der Waals surface area contributed by atoms with E-state index in [2.05, 4.69) is 38.0 Å². The van der Waals surface area contributed by atoms with Gasteiger partial charge in [0, 0.05) is 18.6 Å². The van der Waals surface area contributed by atoms with Crippen LogP contribution < -0.4 is 5.32 Å². The van der Waals surface area contributed by atoms with Crippen LogP contribution in [-0.2, 0) is 0 Å². The van der Waals surface area contributed by atoms with Crippen LogP contribution in [0.5, 0.6) is 0 Å². The van der Waals surface area contributed by atoms with E-state index in [0.29, 0.717) is 5.41 Å². The van der Waals surface area contributed by atoms with Gasteiger partial charge in [-0.05, 0) is 50.6 Å². The summed E-state index contributed by atoms with van der Waals surface area (Å²) in [6, 6.07) is 1.55. The van der Waals surface area contributed by atoms with E-state index < -0.39 is 0 Å². The molecule has 1 N–H and O–H groups in total. The number of nitrogens with zero attached hydrogens (tertiary/aromatic N) is 1. The van der Waals surface area contributed by atoms with Crippen molar-refractivity contribution in [3.63, 3.8) is 0 Å². The van der Waals surface area contributed by atoms with Crippen LogP contribution in [0, 0.1) is 11.3 Å². The predicted octanol–water partition coefficient (Wildman–Crippen LogP) is 2.49. The van der Waals surface area contributed by atoms with Crippen molar-refractivity contribution in [2.75, 3.05) is 20.1 Å². The fourth-order valence-electron chi connectivity index (χ4n) is 3.84. The molecule has 1 heterocycles. The van der Waals surface area contributed by atoms with Crippen molar-refractivity contribution < 1.29 is 0 Å². The van der Waals surface area contributed by atoms with Gasteiger partial charge in [-0.25, -0.2) is 0 Å². The first-order valence-corrected chi connectivity index (χ1v) is 6.91. The highest BCUT2D eigenvalue weighted by atomic mass is 15.2. The summed E-state index contributed by atoms with van der Waals surface area (Å²) in [5, 5.41) is 3.60. The molecule has 2 fully saturated rings. The maximum atomic E-state index is 3.60. The molecule has 1 aliphatic heterocycles. The van der Waals surface area contributed by atoms with Gasteiger partial charge in [0.1, 0.15) is 0 Å². The van der Waals surface area contributed by atoms with Gasteiger partial charge in [0.25, 0.3) is 0 Å². The highest BCUT2D eigenvalue weighted by molar-refractivity contribution is 4.93. The number of hydrogen-bond acceptors (Lipinski definition) is 2. The molecule has 0 spiro atoms. The van der Waals surface area contributed by atoms with Crippen LogP contribution >= 0.6 is 0 Å². The van der Waals surface area contributed by atoms with Crippen molar-refractivity contribution in [2.24, 2.45) is 11.3 Å². The lowest BCUT2D eigenvalue weighted by Gasteiger charge is -2.30. The molecule has 0 amide bonds. The van der Waals surface area contributed by atoms with E-state index in [1.165, 1.54) is 38.8 Å². The van der Waals surface area contributed by atoms with E-state index in [4.69, 9.17) is 0 Å². The molecule has 3 unspecified atom stereocenters. The quantitative estimate of drug-likeness (QED) is 0.792. The minimum absolute atomic E-state index is 0.557. The Labute approximate surface area is 101 Å². The van der Waals surface area contributed by atoms with E-state index in [1.807, 2.05) is 0 Å². The Bertz CT molecular complexity index is 231. The third-order valence-electron chi connectivity index (χ3n) is 4.53. The fourth-order valence-corrected chi connectivity index (χ4v) is 3.84. The highest BCUT2D eigenvalue weighted by Gasteiger charge is 2.38. The zero-order valence-electron chi connectivity index (χ0n) is 11.4. The third kappa shape index (κ3) is 2.78. The van der Waals surface area contributed by atoms with Gasteiger partial charge in [-0.1, -0.05) is 20.8 Å². The Hall–Kier alpha value is -0.0800. The van der Waals surface area contributed by atoms with Crippen molar-refractivity contribution in [2.45, 2.75) is 58.5 Å². The van der Waals surface area contributed by atoms with Crippen molar-refractivity contribution in [3.8, 4) is 0 Å². The Kier molecular flexibility index (Phi) is 3.60. The van der Waals surface area contributed by atoms with Gasteiger partial charge in [0.05, 0.1) is 0 Å². The Morgan fingerprint density at radius 1 is 1.31 bits per heavy atom. The number of hydrogen-bond donors (Lipinski definition) is 1. The second kappa shape index (κ2) is 4.66. The summed E-state index contributed by atoms with van der Waals surface area (Å²) in [7, 11) is 2.32. The van der Waals surface area contributed by atoms with Gasteiger partial charge >= 0.3 is 0 Å². The zero-order chi connectivity index (χ0) is 11.8. The molecule has 2 heteroatoms. The summed E-state index contributed by atoms with van der Waals surface area (Å²) in [5.74, 6) is 0.862. The normalized spacial score (nSPS) is 38.4. The summed E-state index contributed by atoms with van der Waals surface area (Å²) in [4.78, 5) is 2.61. The van der Waals surface area contributed by atoms with Crippen LogP contribution in [0.15, 0.2) is 0 Å². The maximum absolute atomic E-state index is 3.60. The number of likely N-dealkylation sites (N-methyl/N-ethyl adjacent to an activating group) is 1. The van der Waals surface area contributed by atoms with Crippen LogP contribution in [-0.4, -0.2) is 37.1 Å². The Morgan fingerprint density at radius 3 is 2.56 bits per heavy atom. The van der Waals surface area contributed by atoms with Gasteiger partial charge in [0.15, 0.2) is 0 Å². The van der Waals surface area contributed by atoms with E-state index in [9.17, 15) is 0 Å². The molecule has 0 radical (unpaired) electrons. The molecular weight excluding hydrogens is 196 g/mol. The van der Waals surface area contributed by atoms with Gasteiger partial charge in [-0.3, -0.25) is 0 Å². The molecule has 16 heavy (non-hydrogen) atoms. The van der Waals surface area contributed by atoms with Crippen molar-refractivity contribution in [1.29, 1.82) is 0 Å². The minimum atomic E-state index is 0.557. The SMILES string of the molecule is CC1CC(C)(C)CC1N(C)CC1CCCN1. The van der Waals surface area contributed by atoms with Crippen molar-refractivity contribution in [3.05, 3.63) is 0 Å². The molecule has 0 aromatic rings. The van der Waals surface area contributed by atoms with Gasteiger partial charge in [-0.2, -0.15) is 0 Å². The first-order chi connectivity index (χ1) is 7.48. The summed E-state index contributed by atoms with van der Waals surface area (Å²) in [5.41, 5.74) is 0.557. The van der Waals surface area contributed by atoms with E-state index in [-0.39, 0.29) is 0 Å². The molecule has 94 valence electrons. The first-order valence-electron chi connectivity index (χ1n) is 6.91. The van der Waals surface area contributed by atoms with Crippen LogP contribution in [0.1, 0.15) is 46.5 Å². The van der Waals surface area contributed by atoms with Gasteiger partial charge in [-0.15, -0.1) is 0 Å². The molecule has 1 saturated carbocycles. The Balaban J connectivity index is 1.86. The molecule has 2 rings (SSSR count). The van der Waals surface area contributed by atoms with Crippen LogP contribution in [0.2, 0.25) is 0 Å². The standard InChI is InChI=1S/C14H28N2/c1-11-8-14(2,3)9-13(11)16(4)10-12-6-5-7-15-12/h11-13,15H,5-10H2,1-4H3. The molecule has 0 aromatic carbocycles. The van der Waals surface area contributed by atoms with Crippen LogP contribution in [0.3, 0.4) is 0 Å². The smallest absolute Gasteiger partial charge is 0.0195 e. The average Bonchev–Trinajstić information content (AvgIpc) is 2.73. The summed E-state index contributed by atoms with van der Waals surface area (Å²) in [6.45, 7) is 9.74. The van der Waals surface area contributed by atoms with Crippen molar-refractivity contribution >= 4 is 0 Å². The summed E-state index contributed by atoms with van der Waals surface area (Å²) < 4.78 is 0. The molecule has 1 saturated heterocycles. The maximum Gasteiger partial charge on any atom is 0.0195 e. The van der Waals surface area contributed by atoms with Crippen LogP contribution in [0.4, 0.5) is 0 Å². The zero-order valence-corrected chi connectivity index (χ0v) is 11.4. The van der Waals surface area contributed by atoms with Gasteiger partial charge in [0.2, 0.25) is 0 Å². The molecule has 2 nitrogen and oxygen atoms in total. The van der Waals surface area contributed by atoms with Crippen LogP contribution in [0.25, 0.3) is 0 Å². The summed E-state index contributed by atoms with van der Waals surface area (Å²) >= 11 is 0. The third-order valence-corrected chi connectivity index (χ3v) is 4.53. The average molecular weight is 224 g/mol. The van der Waals surface area contributed by atoms with E-state index in [1.54, 1.807) is 0 Å². The largest absolute Gasteiger partial charge is 0.313 e.